The average Bonchev–Trinajstić information content (AvgIpc) is 3.03. The van der Waals surface area contributed by atoms with Crippen molar-refractivity contribution in [3.8, 4) is 0 Å². The standard InChI is InChI=1S/C20H18ClN3O3S/c21-16-9-10-18(15-3-1-4-17(22)19(15)16)23-20(25)13-5-7-14(8-6-13)24-11-2-12-28(24,26)27/h1,3-10H,2,11-12,22H2,(H,23,25). The van der Waals surface area contributed by atoms with Gasteiger partial charge in [-0.05, 0) is 48.9 Å². The summed E-state index contributed by atoms with van der Waals surface area (Å²) in [5.74, 6) is -0.149. The molecule has 8 heteroatoms. The summed E-state index contributed by atoms with van der Waals surface area (Å²) in [6.07, 6.45) is 0.608. The molecule has 3 N–H and O–H groups in total. The third kappa shape index (κ3) is 3.27. The zero-order chi connectivity index (χ0) is 19.9. The summed E-state index contributed by atoms with van der Waals surface area (Å²) in [6, 6.07) is 15.3. The number of benzene rings is 3. The Labute approximate surface area is 167 Å². The van der Waals surface area contributed by atoms with Crippen molar-refractivity contribution in [2.75, 3.05) is 27.7 Å². The maximum atomic E-state index is 12.7. The highest BCUT2D eigenvalue weighted by Gasteiger charge is 2.28. The Kier molecular flexibility index (Phi) is 4.64. The number of nitrogens with zero attached hydrogens (tertiary/aromatic N) is 1. The molecule has 3 aromatic rings. The molecular weight excluding hydrogens is 398 g/mol. The first-order valence-corrected chi connectivity index (χ1v) is 10.7. The molecule has 0 bridgehead atoms. The second kappa shape index (κ2) is 7.00. The number of nitrogens with two attached hydrogens (primary N) is 1. The predicted octanol–water partition coefficient (Wildman–Crippen LogP) is 3.87. The lowest BCUT2D eigenvalue weighted by atomic mass is 10.1. The van der Waals surface area contributed by atoms with Gasteiger partial charge in [0, 0.05) is 34.3 Å². The highest BCUT2D eigenvalue weighted by molar-refractivity contribution is 7.93. The number of hydrogen-bond donors (Lipinski definition) is 2. The molecule has 1 saturated heterocycles. The molecular formula is C20H18ClN3O3S. The minimum Gasteiger partial charge on any atom is -0.398 e. The average molecular weight is 416 g/mol. The van der Waals surface area contributed by atoms with Crippen LogP contribution >= 0.6 is 11.6 Å². The van der Waals surface area contributed by atoms with Crippen molar-refractivity contribution in [2.24, 2.45) is 0 Å². The van der Waals surface area contributed by atoms with Crippen molar-refractivity contribution in [2.45, 2.75) is 6.42 Å². The predicted molar refractivity (Wildman–Crippen MR) is 114 cm³/mol. The molecule has 3 aromatic carbocycles. The molecule has 0 aliphatic carbocycles. The number of rotatable bonds is 3. The number of nitrogen functional groups attached to an aromatic ring is 1. The van der Waals surface area contributed by atoms with Gasteiger partial charge in [0.05, 0.1) is 16.5 Å². The fourth-order valence-electron chi connectivity index (χ4n) is 3.40. The molecule has 1 fully saturated rings. The largest absolute Gasteiger partial charge is 0.398 e. The van der Waals surface area contributed by atoms with Crippen LogP contribution in [0.5, 0.6) is 0 Å². The number of carbonyl (C=O) groups is 1. The zero-order valence-electron chi connectivity index (χ0n) is 14.9. The van der Waals surface area contributed by atoms with Gasteiger partial charge in [-0.3, -0.25) is 9.10 Å². The van der Waals surface area contributed by atoms with Crippen molar-refractivity contribution in [1.82, 2.24) is 0 Å². The number of sulfonamides is 1. The van der Waals surface area contributed by atoms with Crippen LogP contribution in [0.2, 0.25) is 5.02 Å². The minimum atomic E-state index is -3.25. The molecule has 1 aliphatic heterocycles. The monoisotopic (exact) mass is 415 g/mol. The normalized spacial score (nSPS) is 15.7. The molecule has 0 unspecified atom stereocenters. The van der Waals surface area contributed by atoms with Crippen molar-refractivity contribution < 1.29 is 13.2 Å². The van der Waals surface area contributed by atoms with E-state index in [2.05, 4.69) is 5.32 Å². The Hall–Kier alpha value is -2.77. The van der Waals surface area contributed by atoms with Gasteiger partial charge in [-0.2, -0.15) is 0 Å². The number of fused-ring (bicyclic) bond motifs is 1. The van der Waals surface area contributed by atoms with E-state index in [1.807, 2.05) is 6.07 Å². The number of nitrogens with one attached hydrogen (secondary N) is 1. The molecule has 1 heterocycles. The van der Waals surface area contributed by atoms with Gasteiger partial charge in [0.2, 0.25) is 10.0 Å². The second-order valence-electron chi connectivity index (χ2n) is 6.61. The molecule has 0 saturated carbocycles. The molecule has 28 heavy (non-hydrogen) atoms. The van der Waals surface area contributed by atoms with Crippen molar-refractivity contribution in [3.05, 3.63) is 65.2 Å². The van der Waals surface area contributed by atoms with Gasteiger partial charge in [-0.1, -0.05) is 23.7 Å². The number of amides is 1. The number of anilines is 3. The number of hydrogen-bond acceptors (Lipinski definition) is 4. The molecule has 1 aliphatic rings. The van der Waals surface area contributed by atoms with Gasteiger partial charge in [0.1, 0.15) is 0 Å². The van der Waals surface area contributed by atoms with Crippen LogP contribution in [0.3, 0.4) is 0 Å². The lowest BCUT2D eigenvalue weighted by Gasteiger charge is -2.17. The maximum Gasteiger partial charge on any atom is 0.255 e. The van der Waals surface area contributed by atoms with Gasteiger partial charge in [-0.25, -0.2) is 8.42 Å². The van der Waals surface area contributed by atoms with E-state index in [-0.39, 0.29) is 11.7 Å². The molecule has 144 valence electrons. The maximum absolute atomic E-state index is 12.7. The van der Waals surface area contributed by atoms with Crippen LogP contribution in [0.4, 0.5) is 17.1 Å². The summed E-state index contributed by atoms with van der Waals surface area (Å²) >= 11 is 6.24. The van der Waals surface area contributed by atoms with Crippen molar-refractivity contribution in [3.63, 3.8) is 0 Å². The van der Waals surface area contributed by atoms with E-state index in [1.54, 1.807) is 48.5 Å². The third-order valence-corrected chi connectivity index (χ3v) is 6.97. The molecule has 0 aromatic heterocycles. The quantitative estimate of drug-likeness (QED) is 0.635. The van der Waals surface area contributed by atoms with Crippen LogP contribution in [0.1, 0.15) is 16.8 Å². The van der Waals surface area contributed by atoms with E-state index in [4.69, 9.17) is 17.3 Å². The third-order valence-electron chi connectivity index (χ3n) is 4.79. The van der Waals surface area contributed by atoms with E-state index in [0.29, 0.717) is 46.0 Å². The van der Waals surface area contributed by atoms with E-state index in [1.165, 1.54) is 4.31 Å². The van der Waals surface area contributed by atoms with Crippen LogP contribution in [0, 0.1) is 0 Å². The van der Waals surface area contributed by atoms with Crippen LogP contribution in [-0.4, -0.2) is 26.6 Å². The molecule has 0 spiro atoms. The summed E-state index contributed by atoms with van der Waals surface area (Å²) in [6.45, 7) is 0.464. The Balaban J connectivity index is 1.61. The zero-order valence-corrected chi connectivity index (χ0v) is 16.4. The van der Waals surface area contributed by atoms with Gasteiger partial charge in [-0.15, -0.1) is 0 Å². The van der Waals surface area contributed by atoms with Crippen LogP contribution in [0.15, 0.2) is 54.6 Å². The van der Waals surface area contributed by atoms with E-state index < -0.39 is 10.0 Å². The van der Waals surface area contributed by atoms with Gasteiger partial charge >= 0.3 is 0 Å². The molecule has 0 atom stereocenters. The Bertz CT molecular complexity index is 1170. The highest BCUT2D eigenvalue weighted by atomic mass is 35.5. The molecule has 0 radical (unpaired) electrons. The number of carbonyl (C=O) groups excluding carboxylic acids is 1. The van der Waals surface area contributed by atoms with E-state index in [9.17, 15) is 13.2 Å². The lowest BCUT2D eigenvalue weighted by Crippen LogP contribution is -2.25. The fraction of sp³-hybridized carbons (Fsp3) is 0.150. The SMILES string of the molecule is Nc1cccc2c(NC(=O)c3ccc(N4CCCS4(=O)=O)cc3)ccc(Cl)c12. The van der Waals surface area contributed by atoms with E-state index in [0.717, 1.165) is 5.39 Å². The first-order chi connectivity index (χ1) is 13.4. The van der Waals surface area contributed by atoms with Gasteiger partial charge in [0.15, 0.2) is 0 Å². The summed E-state index contributed by atoms with van der Waals surface area (Å²) in [4.78, 5) is 12.7. The Morgan fingerprint density at radius 3 is 2.50 bits per heavy atom. The van der Waals surface area contributed by atoms with Crippen molar-refractivity contribution in [1.29, 1.82) is 0 Å². The van der Waals surface area contributed by atoms with E-state index >= 15 is 0 Å². The summed E-state index contributed by atoms with van der Waals surface area (Å²) in [7, 11) is -3.25. The van der Waals surface area contributed by atoms with Crippen LogP contribution < -0.4 is 15.4 Å². The lowest BCUT2D eigenvalue weighted by molar-refractivity contribution is 0.102. The summed E-state index contributed by atoms with van der Waals surface area (Å²) < 4.78 is 25.4. The molecule has 1 amide bonds. The Morgan fingerprint density at radius 1 is 1.07 bits per heavy atom. The fourth-order valence-corrected chi connectivity index (χ4v) is 5.24. The Morgan fingerprint density at radius 2 is 1.82 bits per heavy atom. The topological polar surface area (TPSA) is 92.5 Å². The number of halogens is 1. The summed E-state index contributed by atoms with van der Waals surface area (Å²) in [5, 5.41) is 4.83. The summed E-state index contributed by atoms with van der Waals surface area (Å²) in [5.41, 5.74) is 8.14. The first kappa shape index (κ1) is 18.6. The molecule has 4 rings (SSSR count). The smallest absolute Gasteiger partial charge is 0.255 e. The van der Waals surface area contributed by atoms with Crippen molar-refractivity contribution >= 4 is 55.4 Å². The van der Waals surface area contributed by atoms with Crippen LogP contribution in [0.25, 0.3) is 10.8 Å². The highest BCUT2D eigenvalue weighted by Crippen LogP contribution is 2.34. The first-order valence-electron chi connectivity index (χ1n) is 8.75. The second-order valence-corrected chi connectivity index (χ2v) is 9.03. The van der Waals surface area contributed by atoms with Gasteiger partial charge < -0.3 is 11.1 Å². The molecule has 6 nitrogen and oxygen atoms in total. The van der Waals surface area contributed by atoms with Crippen LogP contribution in [-0.2, 0) is 10.0 Å². The van der Waals surface area contributed by atoms with Gasteiger partial charge in [0.25, 0.3) is 5.91 Å². The minimum absolute atomic E-state index is 0.155.